The Balaban J connectivity index is 0.00000180. The van der Waals surface area contributed by atoms with E-state index in [0.717, 1.165) is 24.9 Å². The molecule has 1 aromatic carbocycles. The van der Waals surface area contributed by atoms with Gasteiger partial charge in [-0.1, -0.05) is 11.6 Å². The Labute approximate surface area is 123 Å². The van der Waals surface area contributed by atoms with Crippen LogP contribution in [-0.2, 0) is 6.54 Å². The number of hydrogen-bond donors (Lipinski definition) is 1. The quantitative estimate of drug-likeness (QED) is 0.685. The Morgan fingerprint density at radius 3 is 2.84 bits per heavy atom. The Hall–Kier alpha value is -0.880. The number of benzene rings is 1. The van der Waals surface area contributed by atoms with Gasteiger partial charge in [0.25, 0.3) is 5.69 Å². The van der Waals surface area contributed by atoms with Gasteiger partial charge in [0, 0.05) is 31.3 Å². The van der Waals surface area contributed by atoms with Crippen molar-refractivity contribution >= 4 is 29.7 Å². The van der Waals surface area contributed by atoms with Crippen molar-refractivity contribution in [1.29, 1.82) is 0 Å². The van der Waals surface area contributed by atoms with Crippen LogP contribution in [0.5, 0.6) is 0 Å². The van der Waals surface area contributed by atoms with E-state index in [9.17, 15) is 10.1 Å². The first kappa shape index (κ1) is 16.2. The van der Waals surface area contributed by atoms with Crippen molar-refractivity contribution in [2.75, 3.05) is 13.1 Å². The molecule has 1 saturated heterocycles. The summed E-state index contributed by atoms with van der Waals surface area (Å²) < 4.78 is 0. The summed E-state index contributed by atoms with van der Waals surface area (Å²) >= 11 is 6.08. The molecule has 5 nitrogen and oxygen atoms in total. The number of halogens is 2. The molecular formula is C12H17Cl2N3O2. The van der Waals surface area contributed by atoms with Crippen molar-refractivity contribution in [2.45, 2.75) is 25.4 Å². The molecule has 19 heavy (non-hydrogen) atoms. The van der Waals surface area contributed by atoms with Crippen molar-refractivity contribution < 1.29 is 4.92 Å². The summed E-state index contributed by atoms with van der Waals surface area (Å²) in [4.78, 5) is 12.5. The second-order valence-electron chi connectivity index (χ2n) is 4.54. The minimum Gasteiger partial charge on any atom is -0.329 e. The lowest BCUT2D eigenvalue weighted by molar-refractivity contribution is -0.384. The summed E-state index contributed by atoms with van der Waals surface area (Å²) in [6, 6.07) is 5.03. The van der Waals surface area contributed by atoms with Gasteiger partial charge in [0.15, 0.2) is 0 Å². The van der Waals surface area contributed by atoms with Gasteiger partial charge in [-0.2, -0.15) is 0 Å². The van der Waals surface area contributed by atoms with Crippen LogP contribution in [0.2, 0.25) is 5.02 Å². The number of nitrogens with zero attached hydrogens (tertiary/aromatic N) is 2. The van der Waals surface area contributed by atoms with Crippen LogP contribution >= 0.6 is 24.0 Å². The molecule has 0 saturated carbocycles. The minimum absolute atomic E-state index is 0. The number of nitro benzene ring substituents is 1. The molecule has 0 radical (unpaired) electrons. The van der Waals surface area contributed by atoms with Crippen LogP contribution in [0.3, 0.4) is 0 Å². The Morgan fingerprint density at radius 1 is 1.53 bits per heavy atom. The largest absolute Gasteiger partial charge is 0.329 e. The maximum absolute atomic E-state index is 10.6. The van der Waals surface area contributed by atoms with E-state index < -0.39 is 4.92 Å². The lowest BCUT2D eigenvalue weighted by Gasteiger charge is -2.23. The molecule has 7 heteroatoms. The summed E-state index contributed by atoms with van der Waals surface area (Å²) in [5.74, 6) is 0. The van der Waals surface area contributed by atoms with E-state index in [1.807, 2.05) is 0 Å². The lowest BCUT2D eigenvalue weighted by atomic mass is 10.1. The summed E-state index contributed by atoms with van der Waals surface area (Å²) in [6.07, 6.45) is 2.26. The van der Waals surface area contributed by atoms with Crippen LogP contribution in [0.25, 0.3) is 0 Å². The monoisotopic (exact) mass is 305 g/mol. The molecule has 0 aliphatic carbocycles. The average Bonchev–Trinajstić information content (AvgIpc) is 2.78. The summed E-state index contributed by atoms with van der Waals surface area (Å²) in [5.41, 5.74) is 6.66. The molecule has 0 aromatic heterocycles. The highest BCUT2D eigenvalue weighted by atomic mass is 35.5. The van der Waals surface area contributed by atoms with Crippen LogP contribution in [0.15, 0.2) is 18.2 Å². The fourth-order valence-electron chi connectivity index (χ4n) is 2.37. The normalized spacial score (nSPS) is 19.2. The minimum atomic E-state index is -0.436. The topological polar surface area (TPSA) is 72.4 Å². The Bertz CT molecular complexity index is 457. The number of non-ortho nitro benzene ring substituents is 1. The molecule has 1 atom stereocenters. The van der Waals surface area contributed by atoms with Crippen LogP contribution in [0, 0.1) is 10.1 Å². The molecule has 2 rings (SSSR count). The first-order valence-electron chi connectivity index (χ1n) is 5.98. The van der Waals surface area contributed by atoms with Gasteiger partial charge in [-0.05, 0) is 31.0 Å². The number of rotatable bonds is 4. The molecule has 2 N–H and O–H groups in total. The molecule has 1 fully saturated rings. The number of nitrogens with two attached hydrogens (primary N) is 1. The van der Waals surface area contributed by atoms with Gasteiger partial charge >= 0.3 is 0 Å². The SMILES string of the molecule is Cl.NCC1CCCN1Cc1ccc([N+](=O)[O-])cc1Cl. The van der Waals surface area contributed by atoms with Gasteiger partial charge in [-0.15, -0.1) is 12.4 Å². The maximum atomic E-state index is 10.6. The summed E-state index contributed by atoms with van der Waals surface area (Å²) in [6.45, 7) is 2.36. The third-order valence-corrected chi connectivity index (χ3v) is 3.74. The molecule has 0 spiro atoms. The second-order valence-corrected chi connectivity index (χ2v) is 4.94. The van der Waals surface area contributed by atoms with Gasteiger partial charge in [0.1, 0.15) is 0 Å². The van der Waals surface area contributed by atoms with E-state index in [1.165, 1.54) is 12.1 Å². The third-order valence-electron chi connectivity index (χ3n) is 3.39. The van der Waals surface area contributed by atoms with Crippen LogP contribution in [-0.4, -0.2) is 29.0 Å². The number of likely N-dealkylation sites (tertiary alicyclic amines) is 1. The molecule has 1 aromatic rings. The summed E-state index contributed by atoms with van der Waals surface area (Å²) in [5, 5.41) is 11.1. The van der Waals surface area contributed by atoms with E-state index in [0.29, 0.717) is 24.2 Å². The van der Waals surface area contributed by atoms with E-state index in [2.05, 4.69) is 4.90 Å². The van der Waals surface area contributed by atoms with E-state index in [-0.39, 0.29) is 18.1 Å². The lowest BCUT2D eigenvalue weighted by Crippen LogP contribution is -2.34. The van der Waals surface area contributed by atoms with Crippen molar-refractivity contribution in [3.8, 4) is 0 Å². The molecule has 0 bridgehead atoms. The molecule has 1 aliphatic rings. The van der Waals surface area contributed by atoms with Crippen molar-refractivity contribution in [1.82, 2.24) is 4.90 Å². The maximum Gasteiger partial charge on any atom is 0.270 e. The number of nitro groups is 1. The highest BCUT2D eigenvalue weighted by Gasteiger charge is 2.23. The highest BCUT2D eigenvalue weighted by Crippen LogP contribution is 2.26. The summed E-state index contributed by atoms with van der Waals surface area (Å²) in [7, 11) is 0. The standard InChI is InChI=1S/C12H16ClN3O2.ClH/c13-12-6-10(16(17)18)4-3-9(12)8-15-5-1-2-11(15)7-14;/h3-4,6,11H,1-2,5,7-8,14H2;1H. The molecule has 1 heterocycles. The molecular weight excluding hydrogens is 289 g/mol. The van der Waals surface area contributed by atoms with Crippen molar-refractivity contribution in [3.05, 3.63) is 38.9 Å². The van der Waals surface area contributed by atoms with Crippen LogP contribution in [0.4, 0.5) is 5.69 Å². The average molecular weight is 306 g/mol. The van der Waals surface area contributed by atoms with Crippen molar-refractivity contribution in [3.63, 3.8) is 0 Å². The zero-order valence-electron chi connectivity index (χ0n) is 10.4. The molecule has 0 amide bonds. The molecule has 1 unspecified atom stereocenters. The zero-order chi connectivity index (χ0) is 13.1. The fraction of sp³-hybridized carbons (Fsp3) is 0.500. The zero-order valence-corrected chi connectivity index (χ0v) is 12.0. The molecule has 106 valence electrons. The smallest absolute Gasteiger partial charge is 0.270 e. The van der Waals surface area contributed by atoms with Gasteiger partial charge in [-0.3, -0.25) is 15.0 Å². The van der Waals surface area contributed by atoms with E-state index in [1.54, 1.807) is 6.07 Å². The third kappa shape index (κ3) is 3.79. The number of hydrogen-bond acceptors (Lipinski definition) is 4. The van der Waals surface area contributed by atoms with E-state index in [4.69, 9.17) is 17.3 Å². The van der Waals surface area contributed by atoms with E-state index >= 15 is 0 Å². The highest BCUT2D eigenvalue weighted by molar-refractivity contribution is 6.31. The predicted octanol–water partition coefficient (Wildman–Crippen LogP) is 2.59. The van der Waals surface area contributed by atoms with Crippen molar-refractivity contribution in [2.24, 2.45) is 5.73 Å². The molecule has 1 aliphatic heterocycles. The Morgan fingerprint density at radius 2 is 2.26 bits per heavy atom. The fourth-order valence-corrected chi connectivity index (χ4v) is 2.60. The Kier molecular flexibility index (Phi) is 6.00. The first-order valence-corrected chi connectivity index (χ1v) is 6.36. The first-order chi connectivity index (χ1) is 8.61. The second kappa shape index (κ2) is 7.05. The van der Waals surface area contributed by atoms with Gasteiger partial charge in [0.2, 0.25) is 0 Å². The van der Waals surface area contributed by atoms with Gasteiger partial charge < -0.3 is 5.73 Å². The van der Waals surface area contributed by atoms with Crippen LogP contribution < -0.4 is 5.73 Å². The van der Waals surface area contributed by atoms with Gasteiger partial charge in [-0.25, -0.2) is 0 Å². The predicted molar refractivity (Wildman–Crippen MR) is 77.8 cm³/mol. The van der Waals surface area contributed by atoms with Crippen LogP contribution in [0.1, 0.15) is 18.4 Å². The van der Waals surface area contributed by atoms with Gasteiger partial charge in [0.05, 0.1) is 9.95 Å².